The van der Waals surface area contributed by atoms with Gasteiger partial charge >= 0.3 is 0 Å². The number of rotatable bonds is 6. The van der Waals surface area contributed by atoms with Crippen LogP contribution in [-0.2, 0) is 24.8 Å². The Kier molecular flexibility index (Phi) is 5.22. The highest BCUT2D eigenvalue weighted by atomic mass is 32.1. The van der Waals surface area contributed by atoms with Crippen LogP contribution in [0.15, 0.2) is 47.8 Å². The Morgan fingerprint density at radius 3 is 2.93 bits per heavy atom. The monoisotopic (exact) mass is 408 g/mol. The van der Waals surface area contributed by atoms with E-state index in [9.17, 15) is 9.59 Å². The van der Waals surface area contributed by atoms with Gasteiger partial charge in [0.15, 0.2) is 10.8 Å². The fraction of sp³-hybridized carbons (Fsp3) is 0.250. The SMILES string of the molecule is Cc1cccc(Cc2cnc(NC(=O)CCn3cnc4c(cnn4C)c3=O)s2)c1. The van der Waals surface area contributed by atoms with Gasteiger partial charge in [0.25, 0.3) is 5.56 Å². The lowest BCUT2D eigenvalue weighted by Gasteiger charge is -2.05. The number of aromatic nitrogens is 5. The van der Waals surface area contributed by atoms with Crippen molar-refractivity contribution in [3.63, 3.8) is 0 Å². The van der Waals surface area contributed by atoms with Gasteiger partial charge in [-0.3, -0.25) is 18.8 Å². The van der Waals surface area contributed by atoms with E-state index >= 15 is 0 Å². The molecule has 1 aromatic carbocycles. The molecule has 4 aromatic rings. The Hall–Kier alpha value is -3.33. The van der Waals surface area contributed by atoms with E-state index in [0.717, 1.165) is 11.3 Å². The number of amides is 1. The maximum absolute atomic E-state index is 12.4. The third-order valence-corrected chi connectivity index (χ3v) is 5.47. The Balaban J connectivity index is 1.36. The normalized spacial score (nSPS) is 11.1. The van der Waals surface area contributed by atoms with Crippen molar-refractivity contribution in [2.45, 2.75) is 26.3 Å². The minimum Gasteiger partial charge on any atom is -0.302 e. The standard InChI is InChI=1S/C20H20N6O2S/c1-13-4-3-5-14(8-13)9-15-10-21-20(29-15)24-17(27)6-7-26-12-22-18-16(19(26)28)11-23-25(18)2/h3-5,8,10-12H,6-7,9H2,1-2H3,(H,21,24,27). The Bertz CT molecular complexity index is 1240. The topological polar surface area (TPSA) is 94.7 Å². The van der Waals surface area contributed by atoms with Crippen molar-refractivity contribution in [2.24, 2.45) is 7.05 Å². The van der Waals surface area contributed by atoms with E-state index in [0.29, 0.717) is 16.2 Å². The molecule has 0 radical (unpaired) electrons. The summed E-state index contributed by atoms with van der Waals surface area (Å²) in [5.41, 5.74) is 2.75. The molecule has 0 aliphatic rings. The zero-order valence-electron chi connectivity index (χ0n) is 16.1. The molecule has 0 aliphatic carbocycles. The Morgan fingerprint density at radius 2 is 2.10 bits per heavy atom. The third kappa shape index (κ3) is 4.24. The number of thiazole rings is 1. The first kappa shape index (κ1) is 19.0. The van der Waals surface area contributed by atoms with Crippen LogP contribution in [0.25, 0.3) is 11.0 Å². The Labute approximate surface area is 170 Å². The van der Waals surface area contributed by atoms with Crippen LogP contribution >= 0.6 is 11.3 Å². The van der Waals surface area contributed by atoms with Crippen LogP contribution in [-0.4, -0.2) is 30.2 Å². The van der Waals surface area contributed by atoms with Gasteiger partial charge in [0.1, 0.15) is 5.39 Å². The van der Waals surface area contributed by atoms with E-state index in [-0.39, 0.29) is 24.4 Å². The van der Waals surface area contributed by atoms with Gasteiger partial charge in [0.05, 0.1) is 12.5 Å². The smallest absolute Gasteiger partial charge is 0.264 e. The molecule has 0 atom stereocenters. The van der Waals surface area contributed by atoms with Crippen molar-refractivity contribution < 1.29 is 4.79 Å². The van der Waals surface area contributed by atoms with Crippen LogP contribution in [0.2, 0.25) is 0 Å². The molecule has 0 fully saturated rings. The quantitative estimate of drug-likeness (QED) is 0.529. The molecule has 148 valence electrons. The second-order valence-corrected chi connectivity index (χ2v) is 7.96. The molecule has 1 amide bonds. The number of benzene rings is 1. The maximum atomic E-state index is 12.4. The number of aryl methyl sites for hydroxylation is 3. The molecule has 8 nitrogen and oxygen atoms in total. The number of carbonyl (C=O) groups is 1. The van der Waals surface area contributed by atoms with Crippen molar-refractivity contribution in [3.8, 4) is 0 Å². The summed E-state index contributed by atoms with van der Waals surface area (Å²) in [7, 11) is 1.73. The number of anilines is 1. The lowest BCUT2D eigenvalue weighted by atomic mass is 10.1. The first-order valence-electron chi connectivity index (χ1n) is 9.17. The van der Waals surface area contributed by atoms with E-state index in [2.05, 4.69) is 45.5 Å². The summed E-state index contributed by atoms with van der Waals surface area (Å²) in [4.78, 5) is 34.3. The molecule has 3 aromatic heterocycles. The van der Waals surface area contributed by atoms with Gasteiger partial charge in [-0.2, -0.15) is 5.10 Å². The van der Waals surface area contributed by atoms with Crippen LogP contribution in [0.1, 0.15) is 22.4 Å². The molecule has 0 unspecified atom stereocenters. The number of carbonyl (C=O) groups excluding carboxylic acids is 1. The van der Waals surface area contributed by atoms with E-state index in [1.807, 2.05) is 6.07 Å². The molecular formula is C20H20N6O2S. The van der Waals surface area contributed by atoms with Crippen LogP contribution in [0.4, 0.5) is 5.13 Å². The highest BCUT2D eigenvalue weighted by Gasteiger charge is 2.11. The molecule has 29 heavy (non-hydrogen) atoms. The summed E-state index contributed by atoms with van der Waals surface area (Å²) in [5.74, 6) is -0.195. The molecule has 0 saturated heterocycles. The number of nitrogens with zero attached hydrogens (tertiary/aromatic N) is 5. The maximum Gasteiger partial charge on any atom is 0.264 e. The zero-order chi connectivity index (χ0) is 20.4. The highest BCUT2D eigenvalue weighted by molar-refractivity contribution is 7.15. The molecule has 0 saturated carbocycles. The Morgan fingerprint density at radius 1 is 1.24 bits per heavy atom. The second kappa shape index (κ2) is 7.96. The van der Waals surface area contributed by atoms with E-state index < -0.39 is 0 Å². The molecule has 4 rings (SSSR count). The molecular weight excluding hydrogens is 388 g/mol. The number of fused-ring (bicyclic) bond motifs is 1. The lowest BCUT2D eigenvalue weighted by Crippen LogP contribution is -2.23. The third-order valence-electron chi connectivity index (χ3n) is 4.56. The summed E-state index contributed by atoms with van der Waals surface area (Å²) >= 11 is 1.46. The van der Waals surface area contributed by atoms with Crippen LogP contribution in [0, 0.1) is 6.92 Å². The second-order valence-electron chi connectivity index (χ2n) is 6.84. The summed E-state index contributed by atoms with van der Waals surface area (Å²) < 4.78 is 2.97. The minimum absolute atomic E-state index is 0.153. The number of hydrogen-bond acceptors (Lipinski definition) is 6. The summed E-state index contributed by atoms with van der Waals surface area (Å²) in [6.45, 7) is 2.30. The van der Waals surface area contributed by atoms with E-state index in [1.165, 1.54) is 39.6 Å². The van der Waals surface area contributed by atoms with Gasteiger partial charge in [-0.15, -0.1) is 11.3 Å². The van der Waals surface area contributed by atoms with E-state index in [1.54, 1.807) is 17.9 Å². The predicted octanol–water partition coefficient (Wildman–Crippen LogP) is 2.51. The van der Waals surface area contributed by atoms with Gasteiger partial charge < -0.3 is 5.32 Å². The van der Waals surface area contributed by atoms with Gasteiger partial charge in [0, 0.05) is 37.5 Å². The summed E-state index contributed by atoms with van der Waals surface area (Å²) in [5, 5.41) is 7.85. The fourth-order valence-corrected chi connectivity index (χ4v) is 3.96. The molecule has 0 bridgehead atoms. The highest BCUT2D eigenvalue weighted by Crippen LogP contribution is 2.21. The van der Waals surface area contributed by atoms with Crippen molar-refractivity contribution in [2.75, 3.05) is 5.32 Å². The fourth-order valence-electron chi connectivity index (χ4n) is 3.10. The molecule has 3 heterocycles. The average molecular weight is 408 g/mol. The largest absolute Gasteiger partial charge is 0.302 e. The minimum atomic E-state index is -0.203. The molecule has 1 N–H and O–H groups in total. The first-order valence-corrected chi connectivity index (χ1v) is 9.98. The van der Waals surface area contributed by atoms with Crippen molar-refractivity contribution in [1.82, 2.24) is 24.3 Å². The number of nitrogens with one attached hydrogen (secondary N) is 1. The van der Waals surface area contributed by atoms with Crippen molar-refractivity contribution >= 4 is 33.4 Å². The van der Waals surface area contributed by atoms with Crippen LogP contribution < -0.4 is 10.9 Å². The zero-order valence-corrected chi connectivity index (χ0v) is 16.9. The van der Waals surface area contributed by atoms with Gasteiger partial charge in [-0.05, 0) is 12.5 Å². The predicted molar refractivity (Wildman–Crippen MR) is 112 cm³/mol. The first-order chi connectivity index (χ1) is 14.0. The average Bonchev–Trinajstić information content (AvgIpc) is 3.28. The van der Waals surface area contributed by atoms with Crippen molar-refractivity contribution in [3.05, 3.63) is 69.3 Å². The summed E-state index contributed by atoms with van der Waals surface area (Å²) in [6.07, 6.45) is 5.66. The van der Waals surface area contributed by atoms with Crippen molar-refractivity contribution in [1.29, 1.82) is 0 Å². The van der Waals surface area contributed by atoms with Gasteiger partial charge in [-0.1, -0.05) is 29.8 Å². The summed E-state index contributed by atoms with van der Waals surface area (Å²) in [6, 6.07) is 8.32. The molecule has 0 spiro atoms. The van der Waals surface area contributed by atoms with E-state index in [4.69, 9.17) is 0 Å². The molecule has 0 aliphatic heterocycles. The lowest BCUT2D eigenvalue weighted by molar-refractivity contribution is -0.116. The van der Waals surface area contributed by atoms with Gasteiger partial charge in [-0.25, -0.2) is 9.97 Å². The van der Waals surface area contributed by atoms with Crippen LogP contribution in [0.5, 0.6) is 0 Å². The number of hydrogen-bond donors (Lipinski definition) is 1. The molecule has 9 heteroatoms. The van der Waals surface area contributed by atoms with Gasteiger partial charge in [0.2, 0.25) is 5.91 Å². The van der Waals surface area contributed by atoms with Crippen LogP contribution in [0.3, 0.4) is 0 Å².